The maximum absolute atomic E-state index is 14.8. The number of halogens is 1. The van der Waals surface area contributed by atoms with Crippen LogP contribution in [0.1, 0.15) is 5.56 Å². The van der Waals surface area contributed by atoms with Crippen LogP contribution in [0.4, 0.5) is 10.1 Å². The normalized spacial score (nSPS) is 11.7. The highest BCUT2D eigenvalue weighted by atomic mass is 32.2. The van der Waals surface area contributed by atoms with Gasteiger partial charge in [0.05, 0.1) is 11.2 Å². The Kier molecular flexibility index (Phi) is 5.44. The first-order valence-corrected chi connectivity index (χ1v) is 12.7. The van der Waals surface area contributed by atoms with Gasteiger partial charge in [0.25, 0.3) is 0 Å². The molecule has 0 atom stereocenters. The molecule has 5 rings (SSSR count). The van der Waals surface area contributed by atoms with Crippen molar-refractivity contribution >= 4 is 26.6 Å². The first-order valence-electron chi connectivity index (χ1n) is 10.3. The zero-order valence-corrected chi connectivity index (χ0v) is 19.6. The number of rotatable bonds is 5. The quantitative estimate of drug-likeness (QED) is 0.365. The molecule has 5 aromatic rings. The molecule has 3 heterocycles. The Hall–Kier alpha value is -4.32. The minimum Gasteiger partial charge on any atom is -0.426 e. The summed E-state index contributed by atoms with van der Waals surface area (Å²) in [5, 5.41) is 3.71. The maximum Gasteiger partial charge on any atom is 0.439 e. The van der Waals surface area contributed by atoms with Crippen LogP contribution in [-0.2, 0) is 9.73 Å². The lowest BCUT2D eigenvalue weighted by Gasteiger charge is -2.06. The molecule has 0 saturated carbocycles. The molecule has 0 saturated heterocycles. The van der Waals surface area contributed by atoms with E-state index in [2.05, 4.69) is 34.0 Å². The van der Waals surface area contributed by atoms with Crippen LogP contribution >= 0.6 is 0 Å². The first kappa shape index (κ1) is 22.5. The predicted molar refractivity (Wildman–Crippen MR) is 129 cm³/mol. The van der Waals surface area contributed by atoms with E-state index in [1.54, 1.807) is 55.0 Å². The molecular formula is C23H19FN6O4S. The Bertz CT molecular complexity index is 1740. The van der Waals surface area contributed by atoms with E-state index in [9.17, 15) is 13.4 Å². The van der Waals surface area contributed by atoms with Crippen LogP contribution in [0.2, 0.25) is 0 Å². The third-order valence-corrected chi connectivity index (χ3v) is 5.64. The number of hydrogen-bond acceptors (Lipinski definition) is 8. The molecule has 12 heteroatoms. The molecule has 0 aliphatic rings. The van der Waals surface area contributed by atoms with Crippen LogP contribution in [0.15, 0.2) is 62.2 Å². The van der Waals surface area contributed by atoms with E-state index in [0.29, 0.717) is 28.1 Å². The fourth-order valence-corrected chi connectivity index (χ4v) is 4.09. The van der Waals surface area contributed by atoms with E-state index in [0.717, 1.165) is 5.56 Å². The topological polar surface area (TPSA) is 139 Å². The van der Waals surface area contributed by atoms with Gasteiger partial charge in [-0.2, -0.15) is 9.35 Å². The molecule has 0 fully saturated rings. The molecule has 35 heavy (non-hydrogen) atoms. The number of H-pyrrole nitrogens is 2. The number of fused-ring (bicyclic) bond motifs is 1. The van der Waals surface area contributed by atoms with E-state index in [-0.39, 0.29) is 23.2 Å². The largest absolute Gasteiger partial charge is 0.439 e. The van der Waals surface area contributed by atoms with Crippen LogP contribution in [0.3, 0.4) is 0 Å². The molecule has 0 bridgehead atoms. The number of aromatic nitrogens is 5. The summed E-state index contributed by atoms with van der Waals surface area (Å²) in [5.74, 6) is -0.516. The van der Waals surface area contributed by atoms with Gasteiger partial charge in [-0.3, -0.25) is 9.51 Å². The molecule has 3 aromatic heterocycles. The summed E-state index contributed by atoms with van der Waals surface area (Å²) >= 11 is 0. The molecule has 0 amide bonds. The molecule has 2 aromatic carbocycles. The van der Waals surface area contributed by atoms with Crippen molar-refractivity contribution < 1.29 is 17.9 Å². The van der Waals surface area contributed by atoms with E-state index in [1.165, 1.54) is 6.07 Å². The third-order valence-electron chi connectivity index (χ3n) is 4.99. The van der Waals surface area contributed by atoms with Gasteiger partial charge in [0.15, 0.2) is 17.3 Å². The lowest BCUT2D eigenvalue weighted by atomic mass is 10.1. The van der Waals surface area contributed by atoms with E-state index in [1.807, 2.05) is 6.92 Å². The number of pyridine rings is 1. The van der Waals surface area contributed by atoms with Crippen molar-refractivity contribution in [2.45, 2.75) is 6.92 Å². The summed E-state index contributed by atoms with van der Waals surface area (Å²) in [6.45, 7) is 1.85. The summed E-state index contributed by atoms with van der Waals surface area (Å²) in [5.41, 5.74) is 3.27. The molecular weight excluding hydrogens is 475 g/mol. The number of ether oxygens (including phenoxy) is 1. The predicted octanol–water partition coefficient (Wildman–Crippen LogP) is 4.57. The van der Waals surface area contributed by atoms with Gasteiger partial charge in [0, 0.05) is 39.4 Å². The van der Waals surface area contributed by atoms with Crippen molar-refractivity contribution in [1.82, 2.24) is 25.1 Å². The zero-order valence-electron chi connectivity index (χ0n) is 18.8. The Morgan fingerprint density at radius 3 is 2.51 bits per heavy atom. The number of hydrogen-bond donors (Lipinski definition) is 2. The van der Waals surface area contributed by atoms with E-state index in [4.69, 9.17) is 4.74 Å². The molecule has 0 aliphatic carbocycles. The summed E-state index contributed by atoms with van der Waals surface area (Å²) in [6.07, 6.45) is 3.08. The first-order chi connectivity index (χ1) is 16.6. The zero-order chi connectivity index (χ0) is 24.7. The number of imidazole rings is 1. The third kappa shape index (κ3) is 4.82. The fourth-order valence-electron chi connectivity index (χ4n) is 3.46. The van der Waals surface area contributed by atoms with Crippen LogP contribution < -0.4 is 10.5 Å². The second kappa shape index (κ2) is 8.47. The van der Waals surface area contributed by atoms with Gasteiger partial charge in [0.2, 0.25) is 0 Å². The van der Waals surface area contributed by atoms with Crippen molar-refractivity contribution in [2.24, 2.45) is 4.36 Å². The lowest BCUT2D eigenvalue weighted by Crippen LogP contribution is -1.96. The summed E-state index contributed by atoms with van der Waals surface area (Å²) < 4.78 is 41.2. The van der Waals surface area contributed by atoms with Crippen molar-refractivity contribution in [3.05, 3.63) is 70.5 Å². The van der Waals surface area contributed by atoms with Gasteiger partial charge < -0.3 is 9.72 Å². The Morgan fingerprint density at radius 1 is 1.06 bits per heavy atom. The summed E-state index contributed by atoms with van der Waals surface area (Å²) in [4.78, 5) is 25.4. The standard InChI is InChI=1S/C23H19FN6O4S/c1-12-4-9-15(10-16(12)20-28-23(31)34-29-20)33-22-25-18-11-17(24)19(26-21(18)27-22)13-5-7-14(8-6-13)30-35(2,3)32/h4-11H,1-3H3,(H,25,26,27)(H,28,29,31). The number of nitrogens with zero attached hydrogens (tertiary/aromatic N) is 4. The molecule has 10 nitrogen and oxygen atoms in total. The van der Waals surface area contributed by atoms with Gasteiger partial charge >= 0.3 is 11.8 Å². The van der Waals surface area contributed by atoms with Crippen LogP contribution in [0.5, 0.6) is 11.8 Å². The second-order valence-electron chi connectivity index (χ2n) is 8.07. The number of nitrogens with one attached hydrogen (secondary N) is 2. The SMILES string of the molecule is Cc1ccc(Oc2nc3nc(-c4ccc(N=S(C)(C)=O)cc4)c(F)cc3[nH]2)cc1-c1noc(=O)[nH]1. The van der Waals surface area contributed by atoms with E-state index < -0.39 is 21.3 Å². The van der Waals surface area contributed by atoms with Crippen LogP contribution in [0, 0.1) is 12.7 Å². The van der Waals surface area contributed by atoms with Crippen molar-refractivity contribution in [1.29, 1.82) is 0 Å². The van der Waals surface area contributed by atoms with Crippen molar-refractivity contribution in [2.75, 3.05) is 12.5 Å². The van der Waals surface area contributed by atoms with Crippen molar-refractivity contribution in [3.63, 3.8) is 0 Å². The maximum atomic E-state index is 14.8. The monoisotopic (exact) mass is 494 g/mol. The Labute approximate surface area is 198 Å². The second-order valence-corrected chi connectivity index (χ2v) is 10.6. The van der Waals surface area contributed by atoms with Gasteiger partial charge in [-0.05, 0) is 36.8 Å². The minimum absolute atomic E-state index is 0.113. The Morgan fingerprint density at radius 2 is 1.83 bits per heavy atom. The number of benzene rings is 2. The molecule has 0 radical (unpaired) electrons. The van der Waals surface area contributed by atoms with E-state index >= 15 is 0 Å². The average Bonchev–Trinajstić information content (AvgIpc) is 3.39. The van der Waals surface area contributed by atoms with Gasteiger partial charge in [-0.1, -0.05) is 23.4 Å². The van der Waals surface area contributed by atoms with Crippen LogP contribution in [-0.4, -0.2) is 41.8 Å². The van der Waals surface area contributed by atoms with Crippen LogP contribution in [0.25, 0.3) is 33.8 Å². The highest BCUT2D eigenvalue weighted by Gasteiger charge is 2.15. The van der Waals surface area contributed by atoms with Gasteiger partial charge in [0.1, 0.15) is 11.4 Å². The summed E-state index contributed by atoms with van der Waals surface area (Å²) in [6, 6.07) is 13.2. The Balaban J connectivity index is 1.45. The minimum atomic E-state index is -2.30. The number of aryl methyl sites for hydroxylation is 1. The summed E-state index contributed by atoms with van der Waals surface area (Å²) in [7, 11) is -2.30. The molecule has 0 spiro atoms. The number of aromatic amines is 2. The molecule has 2 N–H and O–H groups in total. The lowest BCUT2D eigenvalue weighted by molar-refractivity contribution is 0.388. The average molecular weight is 495 g/mol. The fraction of sp³-hybridized carbons (Fsp3) is 0.130. The van der Waals surface area contributed by atoms with Crippen molar-refractivity contribution in [3.8, 4) is 34.4 Å². The van der Waals surface area contributed by atoms with Gasteiger partial charge in [-0.15, -0.1) is 0 Å². The van der Waals surface area contributed by atoms with Gasteiger partial charge in [-0.25, -0.2) is 18.4 Å². The highest BCUT2D eigenvalue weighted by molar-refractivity contribution is 7.92. The molecule has 0 aliphatic heterocycles. The highest BCUT2D eigenvalue weighted by Crippen LogP contribution is 2.30. The molecule has 0 unspecified atom stereocenters. The smallest absolute Gasteiger partial charge is 0.426 e. The molecule has 178 valence electrons.